The summed E-state index contributed by atoms with van der Waals surface area (Å²) >= 11 is 1.86. The first-order valence-corrected chi connectivity index (χ1v) is 7.39. The van der Waals surface area contributed by atoms with Gasteiger partial charge in [0.25, 0.3) is 0 Å². The number of aromatic nitrogens is 2. The SMILES string of the molecule is CCSc1ccc(-c2cc(NC3CC3)n[nH]2)cc1. The minimum atomic E-state index is 0.643. The number of nitrogens with one attached hydrogen (secondary N) is 2. The molecule has 1 fully saturated rings. The topological polar surface area (TPSA) is 40.7 Å². The molecular weight excluding hydrogens is 242 g/mol. The lowest BCUT2D eigenvalue weighted by atomic mass is 10.1. The van der Waals surface area contributed by atoms with E-state index in [9.17, 15) is 0 Å². The maximum atomic E-state index is 4.29. The Labute approximate surface area is 111 Å². The monoisotopic (exact) mass is 259 g/mol. The quantitative estimate of drug-likeness (QED) is 0.803. The highest BCUT2D eigenvalue weighted by Gasteiger charge is 2.21. The number of hydrogen-bond acceptors (Lipinski definition) is 3. The summed E-state index contributed by atoms with van der Waals surface area (Å²) in [6.07, 6.45) is 2.54. The molecule has 0 bridgehead atoms. The van der Waals surface area contributed by atoms with E-state index >= 15 is 0 Å². The van der Waals surface area contributed by atoms with Gasteiger partial charge in [0, 0.05) is 17.0 Å². The molecule has 94 valence electrons. The fourth-order valence-electron chi connectivity index (χ4n) is 1.88. The van der Waals surface area contributed by atoms with Crippen molar-refractivity contribution in [3.8, 4) is 11.3 Å². The van der Waals surface area contributed by atoms with E-state index in [1.807, 2.05) is 11.8 Å². The van der Waals surface area contributed by atoms with Crippen molar-refractivity contribution in [2.24, 2.45) is 0 Å². The molecule has 1 aromatic heterocycles. The van der Waals surface area contributed by atoms with Crippen molar-refractivity contribution in [1.29, 1.82) is 0 Å². The molecule has 0 radical (unpaired) electrons. The number of rotatable bonds is 5. The van der Waals surface area contributed by atoms with Gasteiger partial charge in [0.05, 0.1) is 5.69 Å². The van der Waals surface area contributed by atoms with Crippen LogP contribution in [-0.4, -0.2) is 22.0 Å². The van der Waals surface area contributed by atoms with Crippen molar-refractivity contribution in [2.45, 2.75) is 30.7 Å². The van der Waals surface area contributed by atoms with E-state index < -0.39 is 0 Å². The molecule has 0 atom stereocenters. The lowest BCUT2D eigenvalue weighted by Gasteiger charge is -2.00. The molecule has 2 aromatic rings. The third-order valence-corrected chi connectivity index (χ3v) is 3.88. The van der Waals surface area contributed by atoms with Crippen molar-refractivity contribution >= 4 is 17.6 Å². The fourth-order valence-corrected chi connectivity index (χ4v) is 2.54. The highest BCUT2D eigenvalue weighted by molar-refractivity contribution is 7.99. The predicted octanol–water partition coefficient (Wildman–Crippen LogP) is 3.76. The molecule has 1 aromatic carbocycles. The zero-order chi connectivity index (χ0) is 12.4. The Balaban J connectivity index is 1.74. The van der Waals surface area contributed by atoms with E-state index in [-0.39, 0.29) is 0 Å². The van der Waals surface area contributed by atoms with Crippen LogP contribution >= 0.6 is 11.8 Å². The first kappa shape index (κ1) is 11.7. The van der Waals surface area contributed by atoms with Crippen LogP contribution in [0, 0.1) is 0 Å². The van der Waals surface area contributed by atoms with Crippen LogP contribution in [0.15, 0.2) is 35.2 Å². The van der Waals surface area contributed by atoms with Crippen LogP contribution < -0.4 is 5.32 Å². The molecule has 1 saturated carbocycles. The molecular formula is C14H17N3S. The van der Waals surface area contributed by atoms with Crippen LogP contribution in [0.1, 0.15) is 19.8 Å². The molecule has 1 heterocycles. The van der Waals surface area contributed by atoms with E-state index in [0.29, 0.717) is 6.04 Å². The van der Waals surface area contributed by atoms with Gasteiger partial charge in [-0.15, -0.1) is 11.8 Å². The second-order valence-corrected chi connectivity index (χ2v) is 5.88. The summed E-state index contributed by atoms with van der Waals surface area (Å²) in [6, 6.07) is 11.3. The summed E-state index contributed by atoms with van der Waals surface area (Å²) in [7, 11) is 0. The number of nitrogens with zero attached hydrogens (tertiary/aromatic N) is 1. The predicted molar refractivity (Wildman–Crippen MR) is 77.1 cm³/mol. The summed E-state index contributed by atoms with van der Waals surface area (Å²) in [5.74, 6) is 2.07. The molecule has 2 N–H and O–H groups in total. The molecule has 1 aliphatic carbocycles. The van der Waals surface area contributed by atoms with E-state index in [1.54, 1.807) is 0 Å². The number of benzene rings is 1. The molecule has 4 heteroatoms. The third kappa shape index (κ3) is 2.70. The zero-order valence-electron chi connectivity index (χ0n) is 10.4. The van der Waals surface area contributed by atoms with Crippen molar-refractivity contribution in [3.63, 3.8) is 0 Å². The van der Waals surface area contributed by atoms with Gasteiger partial charge in [-0.3, -0.25) is 5.10 Å². The van der Waals surface area contributed by atoms with Crippen molar-refractivity contribution in [1.82, 2.24) is 10.2 Å². The normalized spacial score (nSPS) is 14.7. The van der Waals surface area contributed by atoms with Gasteiger partial charge >= 0.3 is 0 Å². The molecule has 3 nitrogen and oxygen atoms in total. The molecule has 18 heavy (non-hydrogen) atoms. The molecule has 0 unspecified atom stereocenters. The average Bonchev–Trinajstić information content (AvgIpc) is 3.07. The zero-order valence-corrected chi connectivity index (χ0v) is 11.3. The van der Waals surface area contributed by atoms with Gasteiger partial charge in [0.1, 0.15) is 5.82 Å². The summed E-state index contributed by atoms with van der Waals surface area (Å²) in [5, 5.41) is 10.8. The van der Waals surface area contributed by atoms with Crippen molar-refractivity contribution in [2.75, 3.05) is 11.1 Å². The molecule has 1 aliphatic rings. The van der Waals surface area contributed by atoms with Gasteiger partial charge in [-0.25, -0.2) is 0 Å². The minimum Gasteiger partial charge on any atom is -0.366 e. The average molecular weight is 259 g/mol. The molecule has 0 amide bonds. The number of H-pyrrole nitrogens is 1. The van der Waals surface area contributed by atoms with Gasteiger partial charge < -0.3 is 5.32 Å². The first-order valence-electron chi connectivity index (χ1n) is 6.40. The largest absolute Gasteiger partial charge is 0.366 e. The Bertz CT molecular complexity index is 514. The van der Waals surface area contributed by atoms with Crippen LogP contribution in [0.25, 0.3) is 11.3 Å². The maximum Gasteiger partial charge on any atom is 0.148 e. The van der Waals surface area contributed by atoms with Crippen LogP contribution in [0.4, 0.5) is 5.82 Å². The molecule has 0 spiro atoms. The number of hydrogen-bond donors (Lipinski definition) is 2. The molecule has 3 rings (SSSR count). The Kier molecular flexibility index (Phi) is 3.28. The van der Waals surface area contributed by atoms with E-state index in [2.05, 4.69) is 52.8 Å². The maximum absolute atomic E-state index is 4.29. The fraction of sp³-hybridized carbons (Fsp3) is 0.357. The van der Waals surface area contributed by atoms with Gasteiger partial charge in [-0.2, -0.15) is 5.10 Å². The summed E-state index contributed by atoms with van der Waals surface area (Å²) < 4.78 is 0. The van der Waals surface area contributed by atoms with Crippen LogP contribution in [0.5, 0.6) is 0 Å². The highest BCUT2D eigenvalue weighted by Crippen LogP contribution is 2.27. The first-order chi connectivity index (χ1) is 8.85. The third-order valence-electron chi connectivity index (χ3n) is 2.98. The second kappa shape index (κ2) is 5.06. The van der Waals surface area contributed by atoms with Gasteiger partial charge in [0.2, 0.25) is 0 Å². The highest BCUT2D eigenvalue weighted by atomic mass is 32.2. The number of aromatic amines is 1. The van der Waals surface area contributed by atoms with Gasteiger partial charge in [-0.1, -0.05) is 19.1 Å². The standard InChI is InChI=1S/C14H17N3S/c1-2-18-12-7-3-10(4-8-12)13-9-14(17-16-13)15-11-5-6-11/h3-4,7-9,11H,2,5-6H2,1H3,(H2,15,16,17). The summed E-state index contributed by atoms with van der Waals surface area (Å²) in [4.78, 5) is 1.32. The van der Waals surface area contributed by atoms with E-state index in [1.165, 1.54) is 23.3 Å². The Morgan fingerprint density at radius 1 is 1.33 bits per heavy atom. The van der Waals surface area contributed by atoms with Gasteiger partial charge in [-0.05, 0) is 36.3 Å². The summed E-state index contributed by atoms with van der Waals surface area (Å²) in [6.45, 7) is 2.17. The number of thioether (sulfide) groups is 1. The van der Waals surface area contributed by atoms with E-state index in [0.717, 1.165) is 17.3 Å². The van der Waals surface area contributed by atoms with Gasteiger partial charge in [0.15, 0.2) is 0 Å². The van der Waals surface area contributed by atoms with E-state index in [4.69, 9.17) is 0 Å². The Morgan fingerprint density at radius 3 is 2.78 bits per heavy atom. The van der Waals surface area contributed by atoms with Crippen LogP contribution in [0.2, 0.25) is 0 Å². The summed E-state index contributed by atoms with van der Waals surface area (Å²) in [5.41, 5.74) is 2.26. The Hall–Kier alpha value is -1.42. The smallest absolute Gasteiger partial charge is 0.148 e. The molecule has 0 saturated heterocycles. The lowest BCUT2D eigenvalue weighted by Crippen LogP contribution is -2.00. The minimum absolute atomic E-state index is 0.643. The van der Waals surface area contributed by atoms with Crippen molar-refractivity contribution < 1.29 is 0 Å². The van der Waals surface area contributed by atoms with Crippen LogP contribution in [-0.2, 0) is 0 Å². The second-order valence-electron chi connectivity index (χ2n) is 4.54. The van der Waals surface area contributed by atoms with Crippen molar-refractivity contribution in [3.05, 3.63) is 30.3 Å². The van der Waals surface area contributed by atoms with Crippen LogP contribution in [0.3, 0.4) is 0 Å². The molecule has 0 aliphatic heterocycles. The lowest BCUT2D eigenvalue weighted by molar-refractivity contribution is 1.05. The number of anilines is 1. The Morgan fingerprint density at radius 2 is 2.11 bits per heavy atom.